The Kier molecular flexibility index (Phi) is 6.55. The van der Waals surface area contributed by atoms with Crippen molar-refractivity contribution in [3.8, 4) is 0 Å². The zero-order valence-corrected chi connectivity index (χ0v) is 14.8. The maximum Gasteiger partial charge on any atom is 0.246 e. The van der Waals surface area contributed by atoms with Crippen LogP contribution in [0.15, 0.2) is 36.4 Å². The summed E-state index contributed by atoms with van der Waals surface area (Å²) in [7, 11) is 3.96. The third kappa shape index (κ3) is 4.93. The number of benzene rings is 1. The Balaban J connectivity index is 1.92. The van der Waals surface area contributed by atoms with Gasteiger partial charge in [-0.2, -0.15) is 0 Å². The summed E-state index contributed by atoms with van der Waals surface area (Å²) in [6.45, 7) is 5.74. The Morgan fingerprint density at radius 2 is 1.96 bits per heavy atom. The summed E-state index contributed by atoms with van der Waals surface area (Å²) in [6.07, 6.45) is 4.54. The van der Waals surface area contributed by atoms with Gasteiger partial charge in [0.15, 0.2) is 0 Å². The fourth-order valence-electron chi connectivity index (χ4n) is 2.74. The Labute approximate surface area is 144 Å². The van der Waals surface area contributed by atoms with Crippen molar-refractivity contribution in [2.75, 3.05) is 51.7 Å². The molecule has 0 N–H and O–H groups in total. The molecule has 2 rings (SSSR count). The van der Waals surface area contributed by atoms with Crippen LogP contribution in [-0.2, 0) is 9.59 Å². The summed E-state index contributed by atoms with van der Waals surface area (Å²) in [6, 6.07) is 8.12. The molecule has 130 valence electrons. The Bertz CT molecular complexity index is 590. The standard InChI is InChI=1S/C19H27N3O2/c1-16(15-23)17-6-4-7-18(14-17)21-10-12-22(13-11-21)19(24)8-5-9-20(2)3/h4-8,14-16H,9-13H2,1-3H3/b8-5+. The van der Waals surface area contributed by atoms with E-state index in [1.165, 1.54) is 0 Å². The fourth-order valence-corrected chi connectivity index (χ4v) is 2.74. The number of hydrogen-bond donors (Lipinski definition) is 0. The van der Waals surface area contributed by atoms with E-state index in [9.17, 15) is 9.59 Å². The smallest absolute Gasteiger partial charge is 0.246 e. The predicted octanol–water partition coefficient (Wildman–Crippen LogP) is 1.76. The predicted molar refractivity (Wildman–Crippen MR) is 97.4 cm³/mol. The van der Waals surface area contributed by atoms with Gasteiger partial charge in [-0.15, -0.1) is 0 Å². The van der Waals surface area contributed by atoms with Crippen molar-refractivity contribution < 1.29 is 9.59 Å². The van der Waals surface area contributed by atoms with E-state index in [-0.39, 0.29) is 11.8 Å². The van der Waals surface area contributed by atoms with Crippen LogP contribution in [0.4, 0.5) is 5.69 Å². The molecule has 1 aliphatic heterocycles. The summed E-state index contributed by atoms with van der Waals surface area (Å²) in [4.78, 5) is 29.3. The van der Waals surface area contributed by atoms with Gasteiger partial charge in [0.05, 0.1) is 0 Å². The Morgan fingerprint density at radius 3 is 2.58 bits per heavy atom. The van der Waals surface area contributed by atoms with Gasteiger partial charge in [0.25, 0.3) is 0 Å². The maximum atomic E-state index is 12.2. The van der Waals surface area contributed by atoms with Crippen LogP contribution >= 0.6 is 0 Å². The molecular formula is C19H27N3O2. The maximum absolute atomic E-state index is 12.2. The third-order valence-electron chi connectivity index (χ3n) is 4.29. The first-order chi connectivity index (χ1) is 11.5. The van der Waals surface area contributed by atoms with E-state index in [4.69, 9.17) is 0 Å². The average Bonchev–Trinajstić information content (AvgIpc) is 2.61. The summed E-state index contributed by atoms with van der Waals surface area (Å²) in [5.74, 6) is -0.00511. The van der Waals surface area contributed by atoms with Crippen molar-refractivity contribution >= 4 is 17.9 Å². The molecule has 0 spiro atoms. The van der Waals surface area contributed by atoms with Crippen molar-refractivity contribution in [1.29, 1.82) is 0 Å². The zero-order chi connectivity index (χ0) is 17.5. The number of amides is 1. The first-order valence-corrected chi connectivity index (χ1v) is 8.41. The van der Waals surface area contributed by atoms with E-state index < -0.39 is 0 Å². The van der Waals surface area contributed by atoms with Gasteiger partial charge in [-0.1, -0.05) is 25.1 Å². The number of anilines is 1. The molecule has 1 atom stereocenters. The van der Waals surface area contributed by atoms with E-state index >= 15 is 0 Å². The molecule has 1 aliphatic rings. The number of hydrogen-bond acceptors (Lipinski definition) is 4. The molecule has 1 aromatic rings. The van der Waals surface area contributed by atoms with Gasteiger partial charge in [-0.3, -0.25) is 4.79 Å². The van der Waals surface area contributed by atoms with E-state index in [0.29, 0.717) is 0 Å². The Morgan fingerprint density at radius 1 is 1.25 bits per heavy atom. The number of piperazine rings is 1. The number of aldehydes is 1. The highest BCUT2D eigenvalue weighted by atomic mass is 16.2. The lowest BCUT2D eigenvalue weighted by Gasteiger charge is -2.36. The van der Waals surface area contributed by atoms with Gasteiger partial charge in [0, 0.05) is 50.4 Å². The quantitative estimate of drug-likeness (QED) is 0.589. The number of carbonyl (C=O) groups is 2. The highest BCUT2D eigenvalue weighted by molar-refractivity contribution is 5.87. The van der Waals surface area contributed by atoms with Crippen molar-refractivity contribution in [1.82, 2.24) is 9.80 Å². The van der Waals surface area contributed by atoms with E-state index in [2.05, 4.69) is 17.0 Å². The second kappa shape index (κ2) is 8.64. The number of likely N-dealkylation sites (N-methyl/N-ethyl adjacent to an activating group) is 1. The minimum atomic E-state index is -0.0883. The molecule has 1 heterocycles. The molecule has 0 saturated carbocycles. The van der Waals surface area contributed by atoms with Crippen LogP contribution in [-0.4, -0.2) is 68.8 Å². The molecule has 0 aromatic heterocycles. The molecule has 0 radical (unpaired) electrons. The van der Waals surface area contributed by atoms with Crippen molar-refractivity contribution in [3.05, 3.63) is 42.0 Å². The third-order valence-corrected chi connectivity index (χ3v) is 4.29. The molecule has 24 heavy (non-hydrogen) atoms. The average molecular weight is 329 g/mol. The van der Waals surface area contributed by atoms with Crippen LogP contribution in [0.25, 0.3) is 0 Å². The molecule has 5 heteroatoms. The fraction of sp³-hybridized carbons (Fsp3) is 0.474. The summed E-state index contributed by atoms with van der Waals surface area (Å²) in [5, 5.41) is 0. The van der Waals surface area contributed by atoms with Crippen molar-refractivity contribution in [2.45, 2.75) is 12.8 Å². The van der Waals surface area contributed by atoms with Gasteiger partial charge in [0.1, 0.15) is 6.29 Å². The summed E-state index contributed by atoms with van der Waals surface area (Å²) in [5.41, 5.74) is 2.16. The van der Waals surface area contributed by atoms with Crippen LogP contribution in [0.3, 0.4) is 0 Å². The molecule has 1 fully saturated rings. The van der Waals surface area contributed by atoms with E-state index in [1.807, 2.05) is 49.0 Å². The molecule has 1 unspecified atom stereocenters. The van der Waals surface area contributed by atoms with E-state index in [1.54, 1.807) is 6.08 Å². The lowest BCUT2D eigenvalue weighted by Crippen LogP contribution is -2.48. The first-order valence-electron chi connectivity index (χ1n) is 8.41. The largest absolute Gasteiger partial charge is 0.368 e. The number of nitrogens with zero attached hydrogens (tertiary/aromatic N) is 3. The van der Waals surface area contributed by atoms with E-state index in [0.717, 1.165) is 50.3 Å². The minimum Gasteiger partial charge on any atom is -0.368 e. The van der Waals surface area contributed by atoms with Gasteiger partial charge >= 0.3 is 0 Å². The highest BCUT2D eigenvalue weighted by Crippen LogP contribution is 2.22. The normalized spacial score (nSPS) is 16.7. The van der Waals surface area contributed by atoms with Crippen molar-refractivity contribution in [3.63, 3.8) is 0 Å². The molecule has 0 bridgehead atoms. The van der Waals surface area contributed by atoms with Gasteiger partial charge in [0.2, 0.25) is 5.91 Å². The second-order valence-corrected chi connectivity index (χ2v) is 6.50. The topological polar surface area (TPSA) is 43.9 Å². The minimum absolute atomic E-state index is 0.0832. The van der Waals surface area contributed by atoms with Crippen LogP contribution in [0.5, 0.6) is 0 Å². The van der Waals surface area contributed by atoms with Crippen LogP contribution in [0.2, 0.25) is 0 Å². The number of carbonyl (C=O) groups excluding carboxylic acids is 2. The molecule has 5 nitrogen and oxygen atoms in total. The SMILES string of the molecule is CC(C=O)c1cccc(N2CCN(C(=O)/C=C/CN(C)C)CC2)c1. The van der Waals surface area contributed by atoms with Crippen LogP contribution in [0.1, 0.15) is 18.4 Å². The van der Waals surface area contributed by atoms with Crippen LogP contribution < -0.4 is 4.90 Å². The van der Waals surface area contributed by atoms with Crippen LogP contribution in [0, 0.1) is 0 Å². The lowest BCUT2D eigenvalue weighted by molar-refractivity contribution is -0.126. The van der Waals surface area contributed by atoms with Gasteiger partial charge < -0.3 is 19.5 Å². The van der Waals surface area contributed by atoms with Gasteiger partial charge in [-0.05, 0) is 31.8 Å². The molecule has 0 aliphatic carbocycles. The molecule has 1 amide bonds. The Hall–Kier alpha value is -2.14. The highest BCUT2D eigenvalue weighted by Gasteiger charge is 2.20. The van der Waals surface area contributed by atoms with Crippen molar-refractivity contribution in [2.24, 2.45) is 0 Å². The second-order valence-electron chi connectivity index (χ2n) is 6.50. The summed E-state index contributed by atoms with van der Waals surface area (Å²) < 4.78 is 0. The lowest BCUT2D eigenvalue weighted by atomic mass is 10.0. The zero-order valence-electron chi connectivity index (χ0n) is 14.8. The first kappa shape index (κ1) is 18.2. The monoisotopic (exact) mass is 329 g/mol. The molecule has 1 saturated heterocycles. The molecular weight excluding hydrogens is 302 g/mol. The van der Waals surface area contributed by atoms with Gasteiger partial charge in [-0.25, -0.2) is 0 Å². The summed E-state index contributed by atoms with van der Waals surface area (Å²) >= 11 is 0. The molecule has 1 aromatic carbocycles. The number of rotatable bonds is 6.